The second-order valence-corrected chi connectivity index (χ2v) is 4.50. The maximum atomic E-state index is 12.1. The number of esters is 1. The molecule has 0 unspecified atom stereocenters. The van der Waals surface area contributed by atoms with E-state index in [1.165, 1.54) is 6.20 Å². The molecule has 1 aromatic carbocycles. The van der Waals surface area contributed by atoms with Crippen molar-refractivity contribution in [2.75, 3.05) is 31.7 Å². The van der Waals surface area contributed by atoms with Gasteiger partial charge in [-0.25, -0.2) is 4.79 Å². The van der Waals surface area contributed by atoms with Crippen LogP contribution in [0.4, 0.5) is 5.69 Å². The summed E-state index contributed by atoms with van der Waals surface area (Å²) in [5.74, 6) is 0.210. The molecule has 1 aromatic heterocycles. The topological polar surface area (TPSA) is 80.7 Å². The van der Waals surface area contributed by atoms with E-state index in [2.05, 4.69) is 10.3 Å². The molecular weight excluding hydrogens is 284 g/mol. The lowest BCUT2D eigenvalue weighted by Crippen LogP contribution is -2.13. The predicted octanol–water partition coefficient (Wildman–Crippen LogP) is 2.21. The van der Waals surface area contributed by atoms with E-state index in [9.17, 15) is 4.79 Å². The molecule has 0 radical (unpaired) electrons. The minimum absolute atomic E-state index is 0.0444. The maximum Gasteiger partial charge on any atom is 0.341 e. The predicted molar refractivity (Wildman–Crippen MR) is 84.4 cm³/mol. The number of para-hydroxylation sites is 1. The van der Waals surface area contributed by atoms with Crippen LogP contribution in [0.2, 0.25) is 0 Å². The number of nitrogens with zero attached hydrogens (tertiary/aromatic N) is 1. The number of carbonyl (C=O) groups is 1. The number of aliphatic hydroxyl groups is 1. The summed E-state index contributed by atoms with van der Waals surface area (Å²) >= 11 is 0. The molecule has 118 valence electrons. The van der Waals surface area contributed by atoms with Crippen molar-refractivity contribution in [1.29, 1.82) is 0 Å². The quantitative estimate of drug-likeness (QED) is 0.763. The van der Waals surface area contributed by atoms with Gasteiger partial charge in [0.15, 0.2) is 0 Å². The Labute approximate surface area is 129 Å². The van der Waals surface area contributed by atoms with Crippen LogP contribution in [0.25, 0.3) is 10.9 Å². The van der Waals surface area contributed by atoms with Gasteiger partial charge in [0.05, 0.1) is 25.5 Å². The summed E-state index contributed by atoms with van der Waals surface area (Å²) < 4.78 is 10.6. The molecule has 2 N–H and O–H groups in total. The second kappa shape index (κ2) is 7.61. The zero-order valence-electron chi connectivity index (χ0n) is 12.8. The fourth-order valence-corrected chi connectivity index (χ4v) is 2.20. The number of aliphatic hydroxyl groups excluding tert-OH is 1. The maximum absolute atomic E-state index is 12.1. The highest BCUT2D eigenvalue weighted by molar-refractivity contribution is 6.06. The molecule has 0 spiro atoms. The summed E-state index contributed by atoms with van der Waals surface area (Å²) in [5, 5.41) is 12.9. The lowest BCUT2D eigenvalue weighted by Gasteiger charge is -2.15. The van der Waals surface area contributed by atoms with Gasteiger partial charge in [-0.3, -0.25) is 4.98 Å². The molecule has 0 atom stereocenters. The first-order valence-corrected chi connectivity index (χ1v) is 7.29. The first kappa shape index (κ1) is 16.0. The Hall–Kier alpha value is -2.34. The smallest absolute Gasteiger partial charge is 0.341 e. The van der Waals surface area contributed by atoms with Crippen molar-refractivity contribution < 1.29 is 19.4 Å². The number of benzene rings is 1. The zero-order chi connectivity index (χ0) is 15.9. The van der Waals surface area contributed by atoms with E-state index < -0.39 is 5.97 Å². The number of nitrogens with one attached hydrogen (secondary N) is 1. The number of anilines is 1. The van der Waals surface area contributed by atoms with Gasteiger partial charge in [-0.05, 0) is 19.9 Å². The van der Waals surface area contributed by atoms with Crippen molar-refractivity contribution in [2.24, 2.45) is 0 Å². The van der Waals surface area contributed by atoms with E-state index in [1.54, 1.807) is 6.92 Å². The average Bonchev–Trinajstić information content (AvgIpc) is 2.53. The molecule has 22 heavy (non-hydrogen) atoms. The number of hydrogen-bond acceptors (Lipinski definition) is 6. The molecule has 0 aliphatic carbocycles. The Kier molecular flexibility index (Phi) is 5.55. The normalized spacial score (nSPS) is 10.5. The van der Waals surface area contributed by atoms with Crippen LogP contribution < -0.4 is 10.1 Å². The van der Waals surface area contributed by atoms with Gasteiger partial charge in [0, 0.05) is 18.1 Å². The summed E-state index contributed by atoms with van der Waals surface area (Å²) in [5.41, 5.74) is 1.60. The molecule has 2 rings (SSSR count). The Bertz CT molecular complexity index is 658. The van der Waals surface area contributed by atoms with E-state index in [0.29, 0.717) is 35.7 Å². The molecule has 1 heterocycles. The van der Waals surface area contributed by atoms with Crippen molar-refractivity contribution in [3.8, 4) is 5.75 Å². The first-order valence-electron chi connectivity index (χ1n) is 7.29. The second-order valence-electron chi connectivity index (χ2n) is 4.50. The van der Waals surface area contributed by atoms with Gasteiger partial charge in [-0.15, -0.1) is 0 Å². The van der Waals surface area contributed by atoms with Crippen molar-refractivity contribution in [1.82, 2.24) is 4.98 Å². The number of fused-ring (bicyclic) bond motifs is 1. The van der Waals surface area contributed by atoms with Crippen LogP contribution in [0.15, 0.2) is 24.4 Å². The van der Waals surface area contributed by atoms with Gasteiger partial charge in [-0.2, -0.15) is 0 Å². The summed E-state index contributed by atoms with van der Waals surface area (Å²) in [6.45, 7) is 4.74. The van der Waals surface area contributed by atoms with Crippen LogP contribution in [-0.4, -0.2) is 42.4 Å². The van der Waals surface area contributed by atoms with Gasteiger partial charge >= 0.3 is 5.97 Å². The van der Waals surface area contributed by atoms with Crippen LogP contribution in [0, 0.1) is 0 Å². The van der Waals surface area contributed by atoms with Crippen molar-refractivity contribution in [2.45, 2.75) is 13.8 Å². The van der Waals surface area contributed by atoms with Gasteiger partial charge in [0.2, 0.25) is 0 Å². The molecule has 0 saturated heterocycles. The van der Waals surface area contributed by atoms with Crippen LogP contribution in [0.1, 0.15) is 24.2 Å². The molecule has 2 aromatic rings. The van der Waals surface area contributed by atoms with Crippen molar-refractivity contribution in [3.63, 3.8) is 0 Å². The Morgan fingerprint density at radius 2 is 2.14 bits per heavy atom. The third-order valence-electron chi connectivity index (χ3n) is 3.07. The van der Waals surface area contributed by atoms with E-state index in [-0.39, 0.29) is 13.2 Å². The van der Waals surface area contributed by atoms with E-state index in [4.69, 9.17) is 14.6 Å². The molecule has 0 bridgehead atoms. The average molecular weight is 304 g/mol. The Balaban J connectivity index is 2.59. The van der Waals surface area contributed by atoms with E-state index in [1.807, 2.05) is 25.1 Å². The first-order chi connectivity index (χ1) is 10.7. The van der Waals surface area contributed by atoms with Gasteiger partial charge in [0.1, 0.15) is 16.8 Å². The van der Waals surface area contributed by atoms with Crippen molar-refractivity contribution in [3.05, 3.63) is 30.0 Å². The molecule has 0 saturated carbocycles. The third kappa shape index (κ3) is 3.28. The molecule has 6 nitrogen and oxygen atoms in total. The lowest BCUT2D eigenvalue weighted by atomic mass is 10.1. The molecular formula is C16H20N2O4. The number of pyridine rings is 1. The van der Waals surface area contributed by atoms with Gasteiger partial charge in [0.25, 0.3) is 0 Å². The highest BCUT2D eigenvalue weighted by Gasteiger charge is 2.18. The lowest BCUT2D eigenvalue weighted by molar-refractivity contribution is 0.0527. The van der Waals surface area contributed by atoms with Gasteiger partial charge in [-0.1, -0.05) is 12.1 Å². The van der Waals surface area contributed by atoms with Crippen molar-refractivity contribution >= 4 is 22.6 Å². The monoisotopic (exact) mass is 304 g/mol. The SMILES string of the molecule is CCOC(=O)c1cnc2c(OCC)cccc2c1NCCO. The zero-order valence-corrected chi connectivity index (χ0v) is 12.8. The summed E-state index contributed by atoms with van der Waals surface area (Å²) in [6.07, 6.45) is 1.47. The standard InChI is InChI=1S/C16H20N2O4/c1-3-21-13-7-5-6-11-14(17-8-9-19)12(10-18-15(11)13)16(20)22-4-2/h5-7,10,19H,3-4,8-9H2,1-2H3,(H,17,18). The number of ether oxygens (including phenoxy) is 2. The molecule has 0 fully saturated rings. The molecule has 0 aliphatic heterocycles. The molecule has 0 amide bonds. The third-order valence-corrected chi connectivity index (χ3v) is 3.07. The number of carbonyl (C=O) groups excluding carboxylic acids is 1. The minimum atomic E-state index is -0.445. The summed E-state index contributed by atoms with van der Waals surface area (Å²) in [6, 6.07) is 5.53. The fourth-order valence-electron chi connectivity index (χ4n) is 2.20. The van der Waals surface area contributed by atoms with E-state index in [0.717, 1.165) is 5.39 Å². The van der Waals surface area contributed by atoms with E-state index >= 15 is 0 Å². The van der Waals surface area contributed by atoms with Crippen LogP contribution in [0.3, 0.4) is 0 Å². The summed E-state index contributed by atoms with van der Waals surface area (Å²) in [4.78, 5) is 16.4. The molecule has 0 aliphatic rings. The fraction of sp³-hybridized carbons (Fsp3) is 0.375. The van der Waals surface area contributed by atoms with Crippen LogP contribution in [-0.2, 0) is 4.74 Å². The Morgan fingerprint density at radius 1 is 1.32 bits per heavy atom. The number of hydrogen-bond donors (Lipinski definition) is 2. The highest BCUT2D eigenvalue weighted by atomic mass is 16.5. The van der Waals surface area contributed by atoms with Gasteiger partial charge < -0.3 is 19.9 Å². The minimum Gasteiger partial charge on any atom is -0.492 e. The van der Waals surface area contributed by atoms with Crippen LogP contribution in [0.5, 0.6) is 5.75 Å². The summed E-state index contributed by atoms with van der Waals surface area (Å²) in [7, 11) is 0. The van der Waals surface area contributed by atoms with Crippen LogP contribution >= 0.6 is 0 Å². The molecule has 6 heteroatoms. The highest BCUT2D eigenvalue weighted by Crippen LogP contribution is 2.32. The number of rotatable bonds is 7. The number of aromatic nitrogens is 1. The largest absolute Gasteiger partial charge is 0.492 e. The Morgan fingerprint density at radius 3 is 2.82 bits per heavy atom.